The minimum Gasteiger partial charge on any atom is -0.499 e. The Bertz CT molecular complexity index is 1080. The Morgan fingerprint density at radius 1 is 1.25 bits per heavy atom. The van der Waals surface area contributed by atoms with Crippen molar-refractivity contribution >= 4 is 29.0 Å². The molecule has 5 rings (SSSR count). The largest absolute Gasteiger partial charge is 0.499 e. The SMILES string of the molecule is C[C@@H]1CCO[C@@H]1C(=O)O[C@]1(C(O)=S)[C@H](C)C[C@H]2[C@@H]3C[C@H](F)C4=CC(=O)C=C[C@]4(C)[C@@]3(F)[C@@H](O)C[C@@]21C. The smallest absolute Gasteiger partial charge is 0.336 e. The van der Waals surface area contributed by atoms with E-state index in [0.29, 0.717) is 19.4 Å². The van der Waals surface area contributed by atoms with Crippen LogP contribution < -0.4 is 0 Å². The van der Waals surface area contributed by atoms with Crippen molar-refractivity contribution in [3.8, 4) is 0 Å². The predicted octanol–water partition coefficient (Wildman–Crippen LogP) is 4.14. The zero-order valence-electron chi connectivity index (χ0n) is 21.0. The molecule has 2 N–H and O–H groups in total. The maximum absolute atomic E-state index is 17.3. The minimum absolute atomic E-state index is 0.0465. The molecule has 0 radical (unpaired) electrons. The van der Waals surface area contributed by atoms with Crippen molar-refractivity contribution in [2.75, 3.05) is 6.61 Å². The van der Waals surface area contributed by atoms with Crippen LogP contribution in [0.25, 0.3) is 0 Å². The third-order valence-corrected chi connectivity index (χ3v) is 10.7. The number of carbonyl (C=O) groups is 2. The van der Waals surface area contributed by atoms with Gasteiger partial charge in [0.25, 0.3) is 0 Å². The molecule has 6 nitrogen and oxygen atoms in total. The monoisotopic (exact) mass is 524 g/mol. The number of alkyl halides is 2. The van der Waals surface area contributed by atoms with Crippen LogP contribution in [-0.4, -0.2) is 63.3 Å². The summed E-state index contributed by atoms with van der Waals surface area (Å²) in [5, 5.41) is 21.9. The fraction of sp³-hybridized carbons (Fsp3) is 0.741. The molecule has 0 aromatic heterocycles. The van der Waals surface area contributed by atoms with E-state index in [-0.39, 0.29) is 24.3 Å². The second-order valence-corrected chi connectivity index (χ2v) is 12.4. The topological polar surface area (TPSA) is 93.1 Å². The van der Waals surface area contributed by atoms with Gasteiger partial charge in [0.2, 0.25) is 5.05 Å². The Hall–Kier alpha value is -1.71. The van der Waals surface area contributed by atoms with Crippen LogP contribution in [0.4, 0.5) is 8.78 Å². The number of hydrogen-bond donors (Lipinski definition) is 2. The molecule has 1 saturated heterocycles. The minimum atomic E-state index is -2.26. The molecule has 4 aliphatic carbocycles. The Morgan fingerprint density at radius 3 is 2.56 bits per heavy atom. The summed E-state index contributed by atoms with van der Waals surface area (Å²) in [5.74, 6) is -3.14. The molecule has 0 bridgehead atoms. The van der Waals surface area contributed by atoms with Crippen molar-refractivity contribution in [1.29, 1.82) is 0 Å². The standard InChI is InChI=1S/C27H34F2O6S/c1-13-6-8-34-21(13)22(32)35-27(23(33)36)14(2)9-16-17-11-19(28)18-10-15(30)5-7-24(18,3)26(17,29)20(31)12-25(16,27)4/h5,7,10,13-14,16-17,19-21,31H,6,8-9,11-12H2,1-4H3,(H,33,36)/t13-,14-,16+,17+,19+,20+,21+,24+,25+,26+,27+/m1/s1. The number of hydrogen-bond acceptors (Lipinski definition) is 6. The lowest BCUT2D eigenvalue weighted by atomic mass is 9.44. The Balaban J connectivity index is 1.59. The van der Waals surface area contributed by atoms with Crippen LogP contribution in [0.5, 0.6) is 0 Å². The van der Waals surface area contributed by atoms with E-state index in [1.165, 1.54) is 19.1 Å². The second-order valence-electron chi connectivity index (χ2n) is 12.0. The molecule has 11 atom stereocenters. The number of allylic oxidation sites excluding steroid dienone is 4. The number of ketones is 1. The van der Waals surface area contributed by atoms with Gasteiger partial charge in [-0.05, 0) is 74.4 Å². The van der Waals surface area contributed by atoms with Gasteiger partial charge in [-0.15, -0.1) is 0 Å². The Kier molecular flexibility index (Phi) is 5.86. The van der Waals surface area contributed by atoms with Crippen LogP contribution in [0, 0.1) is 34.5 Å². The fourth-order valence-electron chi connectivity index (χ4n) is 8.45. The molecule has 0 unspecified atom stereocenters. The number of ether oxygens (including phenoxy) is 2. The van der Waals surface area contributed by atoms with Crippen molar-refractivity contribution in [3.63, 3.8) is 0 Å². The maximum Gasteiger partial charge on any atom is 0.336 e. The first-order valence-corrected chi connectivity index (χ1v) is 13.2. The molecule has 0 aromatic rings. The quantitative estimate of drug-likeness (QED) is 0.423. The lowest BCUT2D eigenvalue weighted by Crippen LogP contribution is -2.71. The van der Waals surface area contributed by atoms with Gasteiger partial charge < -0.3 is 19.7 Å². The van der Waals surface area contributed by atoms with E-state index < -0.39 is 75.0 Å². The van der Waals surface area contributed by atoms with Gasteiger partial charge in [-0.3, -0.25) is 4.79 Å². The molecule has 0 amide bonds. The van der Waals surface area contributed by atoms with E-state index in [2.05, 4.69) is 0 Å². The van der Waals surface area contributed by atoms with E-state index in [1.807, 2.05) is 6.92 Å². The molecular formula is C27H34F2O6S. The third-order valence-electron chi connectivity index (χ3n) is 10.4. The van der Waals surface area contributed by atoms with Crippen LogP contribution in [0.3, 0.4) is 0 Å². The molecule has 4 fully saturated rings. The third kappa shape index (κ3) is 3.02. The molecule has 9 heteroatoms. The molecular weight excluding hydrogens is 490 g/mol. The summed E-state index contributed by atoms with van der Waals surface area (Å²) in [6.45, 7) is 7.37. The molecule has 36 heavy (non-hydrogen) atoms. The average molecular weight is 525 g/mol. The van der Waals surface area contributed by atoms with Gasteiger partial charge in [-0.1, -0.05) is 26.8 Å². The highest BCUT2D eigenvalue weighted by atomic mass is 32.1. The summed E-state index contributed by atoms with van der Waals surface area (Å²) in [6.07, 6.45) is 0.430. The van der Waals surface area contributed by atoms with Gasteiger partial charge in [-0.25, -0.2) is 13.6 Å². The van der Waals surface area contributed by atoms with E-state index >= 15 is 8.78 Å². The van der Waals surface area contributed by atoms with Crippen LogP contribution in [0.1, 0.15) is 53.4 Å². The highest BCUT2D eigenvalue weighted by Gasteiger charge is 2.77. The predicted molar refractivity (Wildman–Crippen MR) is 131 cm³/mol. The number of esters is 1. The first kappa shape index (κ1) is 25.9. The number of thiocarbonyl (C=S) groups is 1. The van der Waals surface area contributed by atoms with Gasteiger partial charge in [0, 0.05) is 29.3 Å². The normalized spacial score (nSPS) is 51.7. The molecule has 5 aliphatic rings. The number of aliphatic hydroxyl groups is 2. The fourth-order valence-corrected chi connectivity index (χ4v) is 8.93. The molecule has 198 valence electrons. The van der Waals surface area contributed by atoms with Gasteiger partial charge in [0.15, 0.2) is 23.2 Å². The van der Waals surface area contributed by atoms with Crippen molar-refractivity contribution in [2.24, 2.45) is 34.5 Å². The van der Waals surface area contributed by atoms with Gasteiger partial charge in [0.05, 0.1) is 6.10 Å². The van der Waals surface area contributed by atoms with Crippen molar-refractivity contribution in [1.82, 2.24) is 0 Å². The summed E-state index contributed by atoms with van der Waals surface area (Å²) in [5.41, 5.74) is -6.55. The summed E-state index contributed by atoms with van der Waals surface area (Å²) in [6, 6.07) is 0. The summed E-state index contributed by atoms with van der Waals surface area (Å²) >= 11 is 5.30. The van der Waals surface area contributed by atoms with Gasteiger partial charge in [-0.2, -0.15) is 0 Å². The first-order chi connectivity index (χ1) is 16.7. The highest BCUT2D eigenvalue weighted by molar-refractivity contribution is 7.80. The van der Waals surface area contributed by atoms with E-state index in [1.54, 1.807) is 13.8 Å². The van der Waals surface area contributed by atoms with E-state index in [4.69, 9.17) is 21.7 Å². The highest BCUT2D eigenvalue weighted by Crippen LogP contribution is 2.71. The van der Waals surface area contributed by atoms with Crippen molar-refractivity contribution < 1.29 is 38.1 Å². The maximum atomic E-state index is 17.3. The molecule has 0 spiro atoms. The average Bonchev–Trinajstić information content (AvgIpc) is 3.32. The van der Waals surface area contributed by atoms with E-state index in [9.17, 15) is 19.8 Å². The van der Waals surface area contributed by atoms with Crippen molar-refractivity contribution in [2.45, 2.75) is 83.0 Å². The number of halogens is 2. The summed E-state index contributed by atoms with van der Waals surface area (Å²) in [7, 11) is 0. The first-order valence-electron chi connectivity index (χ1n) is 12.8. The zero-order valence-corrected chi connectivity index (χ0v) is 21.8. The molecule has 0 aromatic carbocycles. The van der Waals surface area contributed by atoms with Crippen LogP contribution in [-0.2, 0) is 19.1 Å². The van der Waals surface area contributed by atoms with Gasteiger partial charge >= 0.3 is 5.97 Å². The van der Waals surface area contributed by atoms with E-state index in [0.717, 1.165) is 6.08 Å². The van der Waals surface area contributed by atoms with Crippen molar-refractivity contribution in [3.05, 3.63) is 23.8 Å². The molecule has 1 heterocycles. The summed E-state index contributed by atoms with van der Waals surface area (Å²) in [4.78, 5) is 25.3. The molecule has 1 aliphatic heterocycles. The zero-order chi connectivity index (χ0) is 26.4. The van der Waals surface area contributed by atoms with Crippen LogP contribution in [0.15, 0.2) is 23.8 Å². The Morgan fingerprint density at radius 2 is 1.94 bits per heavy atom. The van der Waals surface area contributed by atoms with Gasteiger partial charge in [0.1, 0.15) is 6.17 Å². The Labute approximate surface area is 215 Å². The number of aliphatic hydroxyl groups excluding tert-OH is 2. The van der Waals surface area contributed by atoms with Crippen LogP contribution >= 0.6 is 12.2 Å². The number of fused-ring (bicyclic) bond motifs is 5. The molecule has 3 saturated carbocycles. The summed E-state index contributed by atoms with van der Waals surface area (Å²) < 4.78 is 44.6. The van der Waals surface area contributed by atoms with Crippen LogP contribution in [0.2, 0.25) is 0 Å². The second kappa shape index (κ2) is 8.14. The number of rotatable bonds is 3. The lowest BCUT2D eigenvalue weighted by molar-refractivity contribution is -0.225. The lowest BCUT2D eigenvalue weighted by Gasteiger charge is -2.63. The number of carbonyl (C=O) groups excluding carboxylic acids is 2.